The number of fused-ring (bicyclic) bond motifs is 12. The van der Waals surface area contributed by atoms with Crippen molar-refractivity contribution in [2.75, 3.05) is 26.9 Å². The lowest BCUT2D eigenvalue weighted by Gasteiger charge is -2.49. The van der Waals surface area contributed by atoms with Crippen LogP contribution in [0.4, 0.5) is 0 Å². The van der Waals surface area contributed by atoms with E-state index in [1.165, 1.54) is 23.1 Å². The molecular weight excluding hydrogens is 923 g/mol. The van der Waals surface area contributed by atoms with Crippen LogP contribution in [0.3, 0.4) is 0 Å². The fraction of sp³-hybridized carbons (Fsp3) is 0.531. The summed E-state index contributed by atoms with van der Waals surface area (Å²) in [6.07, 6.45) is 25.2. The van der Waals surface area contributed by atoms with Crippen LogP contribution in [0.5, 0.6) is 17.2 Å². The minimum Gasteiger partial charge on any atom is -0.508 e. The smallest absolute Gasteiger partial charge is 0.189 e. The molecule has 0 radical (unpaired) electrons. The number of phenolic OH excluding ortho intramolecular Hbond substituents is 2. The van der Waals surface area contributed by atoms with Gasteiger partial charge in [-0.3, -0.25) is 4.79 Å². The number of Topliss-reactive ketones (excluding diaryl/α,β-unsaturated/α-hetero) is 1. The third-order valence-electron chi connectivity index (χ3n) is 18.8. The number of aromatic hydroxyl groups is 2. The van der Waals surface area contributed by atoms with Gasteiger partial charge in [-0.15, -0.1) is 0 Å². The van der Waals surface area contributed by atoms with Crippen molar-refractivity contribution >= 4 is 11.7 Å². The molecule has 0 aromatic heterocycles. The number of nitrogens with one attached hydrogen (secondary N) is 1. The van der Waals surface area contributed by atoms with Crippen LogP contribution in [0, 0.1) is 46.8 Å². The number of hydrogen-bond donors (Lipinski definition) is 6. The first-order chi connectivity index (χ1) is 36.0. The van der Waals surface area contributed by atoms with Crippen LogP contribution in [0.1, 0.15) is 160 Å². The van der Waals surface area contributed by atoms with Gasteiger partial charge in [-0.2, -0.15) is 0 Å². The van der Waals surface area contributed by atoms with E-state index < -0.39 is 5.41 Å². The summed E-state index contributed by atoms with van der Waals surface area (Å²) >= 11 is 0. The number of hydrogen-bond acceptors (Lipinski definition) is 10. The van der Waals surface area contributed by atoms with E-state index in [0.717, 1.165) is 105 Å². The summed E-state index contributed by atoms with van der Waals surface area (Å²) in [5.41, 5.74) is 15.6. The van der Waals surface area contributed by atoms with Gasteiger partial charge in [0.1, 0.15) is 5.75 Å². The lowest BCUT2D eigenvalue weighted by molar-refractivity contribution is -0.115. The van der Waals surface area contributed by atoms with Crippen LogP contribution in [0.2, 0.25) is 0 Å². The zero-order valence-electron chi connectivity index (χ0n) is 43.6. The van der Waals surface area contributed by atoms with Crippen molar-refractivity contribution in [2.45, 2.75) is 152 Å². The molecule has 3 saturated carbocycles. The lowest BCUT2D eigenvalue weighted by atomic mass is 9.55. The number of allylic oxidation sites excluding steroid dienone is 5. The minimum atomic E-state index is -0.630. The van der Waals surface area contributed by atoms with Crippen LogP contribution >= 0.6 is 0 Å². The van der Waals surface area contributed by atoms with Gasteiger partial charge in [-0.05, 0) is 165 Å². The number of methoxy groups -OCH3 is 1. The molecule has 390 valence electrons. The molecule has 10 nitrogen and oxygen atoms in total. The summed E-state index contributed by atoms with van der Waals surface area (Å²) in [6, 6.07) is 16.8. The van der Waals surface area contributed by atoms with Crippen molar-refractivity contribution < 1.29 is 34.7 Å². The zero-order chi connectivity index (χ0) is 51.1. The quantitative estimate of drug-likeness (QED) is 0.0856. The fourth-order valence-electron chi connectivity index (χ4n) is 15.4. The molecule has 11 rings (SSSR count). The number of phenols is 2. The maximum atomic E-state index is 14.7. The Morgan fingerprint density at radius 3 is 2.59 bits per heavy atom. The maximum absolute atomic E-state index is 14.7. The predicted octanol–water partition coefficient (Wildman–Crippen LogP) is 10.6. The first-order valence-corrected chi connectivity index (χ1v) is 28.1. The number of nitrogens with zero attached hydrogens (tertiary/aromatic N) is 1. The molecule has 74 heavy (non-hydrogen) atoms. The summed E-state index contributed by atoms with van der Waals surface area (Å²) in [4.78, 5) is 20.1. The van der Waals surface area contributed by atoms with Gasteiger partial charge in [-0.25, -0.2) is 4.99 Å². The Balaban J connectivity index is 1.09. The Hall–Kier alpha value is -5.60. The second-order valence-electron chi connectivity index (χ2n) is 23.6. The van der Waals surface area contributed by atoms with Gasteiger partial charge in [0.15, 0.2) is 23.2 Å². The predicted molar refractivity (Wildman–Crippen MR) is 290 cm³/mol. The molecule has 1 heterocycles. The number of ether oxygens (including phenoxy) is 2. The van der Waals surface area contributed by atoms with Crippen LogP contribution in [-0.4, -0.2) is 71.2 Å². The molecule has 7 aliphatic carbocycles. The van der Waals surface area contributed by atoms with E-state index in [9.17, 15) is 25.2 Å². The van der Waals surface area contributed by atoms with Gasteiger partial charge in [0, 0.05) is 53.9 Å². The topological polar surface area (TPSA) is 167 Å². The number of benzene rings is 3. The SMILES string of the molecule is COCC1C2C=C3C4CC(C)CC3C1c1c(O)c(OC3CCCC3)cc(CCC(=O)C3=C(CO)C5CCC=CC5(CO)C=C3)c1C#CCC(C2)N=C(N)NC1(CCCCC1)c1cccc(c1)Cc1cc(O)cc4c1. The largest absolute Gasteiger partial charge is 0.508 e. The number of carbonyl (C=O) groups excluding carboxylic acids is 1. The number of aliphatic hydroxyl groups excluding tert-OH is 2. The van der Waals surface area contributed by atoms with Gasteiger partial charge < -0.3 is 41.0 Å². The summed E-state index contributed by atoms with van der Waals surface area (Å²) in [5, 5.41) is 50.1. The highest BCUT2D eigenvalue weighted by molar-refractivity contribution is 5.99. The maximum Gasteiger partial charge on any atom is 0.189 e. The summed E-state index contributed by atoms with van der Waals surface area (Å²) in [5.74, 6) is 8.30. The van der Waals surface area contributed by atoms with Crippen molar-refractivity contribution in [1.29, 1.82) is 0 Å². The normalized spacial score (nSPS) is 30.1. The molecule has 0 saturated heterocycles. The van der Waals surface area contributed by atoms with Crippen LogP contribution < -0.4 is 15.8 Å². The van der Waals surface area contributed by atoms with E-state index in [1.54, 1.807) is 7.11 Å². The van der Waals surface area contributed by atoms with Crippen LogP contribution in [0.25, 0.3) is 0 Å². The number of carbonyl (C=O) groups is 1. The van der Waals surface area contributed by atoms with Gasteiger partial charge in [0.05, 0.1) is 37.5 Å². The van der Waals surface area contributed by atoms with E-state index in [0.29, 0.717) is 61.1 Å². The highest BCUT2D eigenvalue weighted by Crippen LogP contribution is 2.60. The Kier molecular flexibility index (Phi) is 14.5. The monoisotopic (exact) mass is 1000 g/mol. The molecule has 0 amide bonds. The molecule has 1 aliphatic heterocycles. The third kappa shape index (κ3) is 9.67. The summed E-state index contributed by atoms with van der Waals surface area (Å²) < 4.78 is 13.2. The van der Waals surface area contributed by atoms with Crippen molar-refractivity contribution in [3.63, 3.8) is 0 Å². The molecule has 8 bridgehead atoms. The molecule has 1 spiro atoms. The molecule has 3 aromatic carbocycles. The Morgan fingerprint density at radius 2 is 1.80 bits per heavy atom. The first kappa shape index (κ1) is 50.6. The summed E-state index contributed by atoms with van der Waals surface area (Å²) in [6.45, 7) is 2.43. The van der Waals surface area contributed by atoms with Crippen molar-refractivity contribution in [1.82, 2.24) is 5.32 Å². The molecule has 3 fully saturated rings. The molecular formula is C64H77N3O7. The van der Waals surface area contributed by atoms with Crippen molar-refractivity contribution in [3.05, 3.63) is 135 Å². The van der Waals surface area contributed by atoms with E-state index in [2.05, 4.69) is 66.6 Å². The fourth-order valence-corrected chi connectivity index (χ4v) is 15.4. The molecule has 7 N–H and O–H groups in total. The molecule has 3 aromatic rings. The van der Waals surface area contributed by atoms with Crippen LogP contribution in [-0.2, 0) is 27.9 Å². The number of aryl methyl sites for hydroxylation is 1. The van der Waals surface area contributed by atoms with Crippen molar-refractivity contribution in [2.24, 2.45) is 45.7 Å². The lowest BCUT2D eigenvalue weighted by Crippen LogP contribution is -2.50. The van der Waals surface area contributed by atoms with Crippen LogP contribution in [0.15, 0.2) is 101 Å². The minimum absolute atomic E-state index is 0.00683. The highest BCUT2D eigenvalue weighted by Gasteiger charge is 2.49. The second kappa shape index (κ2) is 21.2. The number of aliphatic hydroxyl groups is 2. The van der Waals surface area contributed by atoms with Gasteiger partial charge in [0.25, 0.3) is 0 Å². The van der Waals surface area contributed by atoms with Gasteiger partial charge in [-0.1, -0.05) is 104 Å². The number of ketones is 1. The number of nitrogens with two attached hydrogens (primary N) is 1. The van der Waals surface area contributed by atoms with E-state index in [1.807, 2.05) is 36.4 Å². The second-order valence-corrected chi connectivity index (χ2v) is 23.6. The zero-order valence-corrected chi connectivity index (χ0v) is 43.6. The van der Waals surface area contributed by atoms with Gasteiger partial charge in [0.2, 0.25) is 0 Å². The highest BCUT2D eigenvalue weighted by atomic mass is 16.5. The Bertz CT molecular complexity index is 2850. The molecule has 8 aliphatic rings. The van der Waals surface area contributed by atoms with E-state index in [-0.39, 0.29) is 90.1 Å². The van der Waals surface area contributed by atoms with E-state index in [4.69, 9.17) is 20.2 Å². The third-order valence-corrected chi connectivity index (χ3v) is 18.8. The Labute approximate surface area is 438 Å². The standard InChI is InChI=1S/C64H77N3O7/c1-39-26-51-43-29-41(31-47(70)33-43)28-40-12-10-13-45(30-40)64(23-7-3-8-24-64)67-62(65)66-46-14-11-17-49-42(19-20-57(71)50-21-25-63(38-69)22-9-6-18-56(63)54(50)36-68)35-58(74-48-15-4-5-16-48)61(72)60(49)59-53(27-39)52(51)34-44(32-46)55(59)37-73-2/h9-10,12-13,21-22,25,29-31,33-35,39,44,46,48,51,53,55-56,59,68-70,72H,3-8,14-16,18-20,23-24,26-28,32,36-38H2,1-2H3,(H3,65,66,67). The van der Waals surface area contributed by atoms with Crippen molar-refractivity contribution in [3.8, 4) is 29.1 Å². The van der Waals surface area contributed by atoms with Gasteiger partial charge >= 0.3 is 0 Å². The first-order valence-electron chi connectivity index (χ1n) is 28.1. The average molecular weight is 1000 g/mol. The van der Waals surface area contributed by atoms with E-state index >= 15 is 0 Å². The number of guanidine groups is 1. The molecule has 9 atom stereocenters. The molecule has 10 heteroatoms. The number of aliphatic imine (C=N–C) groups is 1. The average Bonchev–Trinajstić information content (AvgIpc) is 3.93. The summed E-state index contributed by atoms with van der Waals surface area (Å²) in [7, 11) is 1.78. The molecule has 9 unspecified atom stereocenters. The Morgan fingerprint density at radius 1 is 0.959 bits per heavy atom. The number of rotatable bonds is 10.